The van der Waals surface area contributed by atoms with Gasteiger partial charge in [0.25, 0.3) is 0 Å². The van der Waals surface area contributed by atoms with Crippen molar-refractivity contribution in [2.24, 2.45) is 0 Å². The minimum atomic E-state index is -4.94. The van der Waals surface area contributed by atoms with Crippen LogP contribution in [0.3, 0.4) is 0 Å². The molecule has 6 rings (SSSR count). The molecule has 4 aromatic rings. The van der Waals surface area contributed by atoms with Gasteiger partial charge in [-0.2, -0.15) is 4.98 Å². The summed E-state index contributed by atoms with van der Waals surface area (Å²) in [7, 11) is -0.183. The summed E-state index contributed by atoms with van der Waals surface area (Å²) in [4.78, 5) is 24.5. The lowest BCUT2D eigenvalue weighted by atomic mass is 9.99. The largest absolute Gasteiger partial charge is 0.573 e. The fourth-order valence-corrected chi connectivity index (χ4v) is 7.33. The van der Waals surface area contributed by atoms with Crippen molar-refractivity contribution in [3.05, 3.63) is 52.9 Å². The van der Waals surface area contributed by atoms with Gasteiger partial charge in [-0.05, 0) is 66.0 Å². The molecule has 2 saturated heterocycles. The number of alkyl halides is 3. The molecule has 2 aliphatic rings. The number of halogens is 4. The number of nitrogens with one attached hydrogen (secondary N) is 2. The fraction of sp³-hybridized carbons (Fsp3) is 0.455. The van der Waals surface area contributed by atoms with Gasteiger partial charge in [0, 0.05) is 82.7 Å². The standard InChI is InChI=1S/C33H40BrF3N10O3S/c1-5-21-18-26(28(50-33(35,36)37)19-27(21)47-12-8-22(9-13-47)46-16-14-44(2)15-17-46)42-32-40-20-23(34)31(43-32)41-25-7-6-24-29(39-11-10-38-24)30(25)45(3)51(4,48)49/h6-7,10-11,18-20,22H,5,8-9,12-17H2,1-4H3,(H2,40,41,42,43). The predicted molar refractivity (Wildman–Crippen MR) is 196 cm³/mol. The number of piperidine rings is 1. The van der Waals surface area contributed by atoms with Crippen LogP contribution >= 0.6 is 15.9 Å². The van der Waals surface area contributed by atoms with E-state index in [4.69, 9.17) is 0 Å². The molecule has 0 radical (unpaired) electrons. The van der Waals surface area contributed by atoms with Gasteiger partial charge in [0.15, 0.2) is 5.75 Å². The number of anilines is 6. The number of sulfonamides is 1. The van der Waals surface area contributed by atoms with E-state index in [0.717, 1.165) is 68.2 Å². The first kappa shape index (κ1) is 36.8. The molecule has 18 heteroatoms. The number of nitrogens with zero attached hydrogens (tertiary/aromatic N) is 8. The summed E-state index contributed by atoms with van der Waals surface area (Å²) in [6.07, 6.45) is 2.95. The number of hydrogen-bond donors (Lipinski definition) is 2. The van der Waals surface area contributed by atoms with E-state index in [1.54, 1.807) is 18.2 Å². The van der Waals surface area contributed by atoms with Crippen LogP contribution in [-0.2, 0) is 16.4 Å². The molecule has 2 fully saturated rings. The molecule has 0 unspecified atom stereocenters. The van der Waals surface area contributed by atoms with Gasteiger partial charge in [-0.15, -0.1) is 13.2 Å². The zero-order valence-corrected chi connectivity index (χ0v) is 31.1. The lowest BCUT2D eigenvalue weighted by Gasteiger charge is -2.43. The summed E-state index contributed by atoms with van der Waals surface area (Å²) in [5.74, 6) is -0.205. The number of aromatic nitrogens is 4. The second-order valence-corrected chi connectivity index (χ2v) is 15.6. The molecule has 2 aliphatic heterocycles. The highest BCUT2D eigenvalue weighted by atomic mass is 79.9. The zero-order valence-electron chi connectivity index (χ0n) is 28.7. The molecule has 4 heterocycles. The maximum atomic E-state index is 13.8. The molecule has 2 aromatic heterocycles. The summed E-state index contributed by atoms with van der Waals surface area (Å²) < 4.78 is 72.6. The zero-order chi connectivity index (χ0) is 36.5. The van der Waals surface area contributed by atoms with E-state index < -0.39 is 22.1 Å². The van der Waals surface area contributed by atoms with Gasteiger partial charge in [0.1, 0.15) is 17.0 Å². The van der Waals surface area contributed by atoms with Gasteiger partial charge in [0.2, 0.25) is 16.0 Å². The summed E-state index contributed by atoms with van der Waals surface area (Å²) in [5.41, 5.74) is 3.00. The van der Waals surface area contributed by atoms with Gasteiger partial charge in [0.05, 0.1) is 27.6 Å². The molecule has 13 nitrogen and oxygen atoms in total. The second kappa shape index (κ2) is 14.9. The highest BCUT2D eigenvalue weighted by Gasteiger charge is 2.34. The van der Waals surface area contributed by atoms with Crippen molar-refractivity contribution >= 4 is 71.5 Å². The Bertz CT molecular complexity index is 1990. The van der Waals surface area contributed by atoms with Gasteiger partial charge in [-0.3, -0.25) is 19.2 Å². The van der Waals surface area contributed by atoms with Crippen molar-refractivity contribution in [3.63, 3.8) is 0 Å². The maximum Gasteiger partial charge on any atom is 0.573 e. The van der Waals surface area contributed by atoms with Crippen LogP contribution in [0.15, 0.2) is 47.3 Å². The van der Waals surface area contributed by atoms with Gasteiger partial charge in [-0.1, -0.05) is 6.92 Å². The minimum absolute atomic E-state index is 0.0193. The molecule has 0 bridgehead atoms. The van der Waals surface area contributed by atoms with E-state index in [1.165, 1.54) is 31.7 Å². The summed E-state index contributed by atoms with van der Waals surface area (Å²) in [6, 6.07) is 6.89. The third kappa shape index (κ3) is 8.56. The number of rotatable bonds is 10. The van der Waals surface area contributed by atoms with Crippen molar-refractivity contribution < 1.29 is 26.3 Å². The molecular formula is C33H40BrF3N10O3S. The number of fused-ring (bicyclic) bond motifs is 1. The van der Waals surface area contributed by atoms with E-state index in [-0.39, 0.29) is 23.1 Å². The van der Waals surface area contributed by atoms with Crippen LogP contribution in [0.5, 0.6) is 5.75 Å². The minimum Gasteiger partial charge on any atom is -0.403 e. The number of benzene rings is 2. The molecule has 0 spiro atoms. The maximum absolute atomic E-state index is 13.8. The Kier molecular flexibility index (Phi) is 10.8. The average molecular weight is 794 g/mol. The number of likely N-dealkylation sites (N-methyl/N-ethyl adjacent to an activating group) is 1. The first-order valence-electron chi connectivity index (χ1n) is 16.5. The van der Waals surface area contributed by atoms with Crippen molar-refractivity contribution in [3.8, 4) is 5.75 Å². The predicted octanol–water partition coefficient (Wildman–Crippen LogP) is 5.74. The van der Waals surface area contributed by atoms with Crippen LogP contribution in [0.2, 0.25) is 0 Å². The smallest absolute Gasteiger partial charge is 0.403 e. The topological polar surface area (TPSA) is 132 Å². The van der Waals surface area contributed by atoms with Gasteiger partial charge in [-0.25, -0.2) is 13.4 Å². The van der Waals surface area contributed by atoms with Crippen molar-refractivity contribution in [2.75, 3.05) is 79.5 Å². The van der Waals surface area contributed by atoms with Gasteiger partial charge >= 0.3 is 6.36 Å². The number of aryl methyl sites for hydroxylation is 1. The highest BCUT2D eigenvalue weighted by molar-refractivity contribution is 9.10. The second-order valence-electron chi connectivity index (χ2n) is 12.7. The van der Waals surface area contributed by atoms with Crippen LogP contribution in [0.25, 0.3) is 11.0 Å². The molecule has 0 saturated carbocycles. The normalized spacial score (nSPS) is 16.7. The van der Waals surface area contributed by atoms with Crippen LogP contribution in [0, 0.1) is 0 Å². The molecule has 2 aromatic carbocycles. The quantitative estimate of drug-likeness (QED) is 0.203. The van der Waals surface area contributed by atoms with E-state index in [1.807, 2.05) is 6.92 Å². The average Bonchev–Trinajstić information content (AvgIpc) is 3.09. The number of ether oxygens (including phenoxy) is 1. The first-order chi connectivity index (χ1) is 24.2. The Labute approximate surface area is 303 Å². The molecular weight excluding hydrogens is 753 g/mol. The Morgan fingerprint density at radius 2 is 1.71 bits per heavy atom. The lowest BCUT2D eigenvalue weighted by molar-refractivity contribution is -0.274. The molecule has 0 atom stereocenters. The molecule has 274 valence electrons. The highest BCUT2D eigenvalue weighted by Crippen LogP contribution is 2.40. The third-order valence-corrected chi connectivity index (χ3v) is 11.1. The molecule has 0 aliphatic carbocycles. The molecule has 2 N–H and O–H groups in total. The summed E-state index contributed by atoms with van der Waals surface area (Å²) in [5, 5.41) is 6.07. The van der Waals surface area contributed by atoms with Crippen molar-refractivity contribution in [1.82, 2.24) is 29.7 Å². The van der Waals surface area contributed by atoms with E-state index in [9.17, 15) is 21.6 Å². The van der Waals surface area contributed by atoms with E-state index in [2.05, 4.69) is 73.0 Å². The summed E-state index contributed by atoms with van der Waals surface area (Å²) in [6.45, 7) is 7.53. The first-order valence-corrected chi connectivity index (χ1v) is 19.2. The van der Waals surface area contributed by atoms with E-state index >= 15 is 0 Å². The summed E-state index contributed by atoms with van der Waals surface area (Å²) >= 11 is 3.43. The van der Waals surface area contributed by atoms with Crippen LogP contribution in [0.1, 0.15) is 25.3 Å². The van der Waals surface area contributed by atoms with E-state index in [0.29, 0.717) is 39.3 Å². The molecule has 0 amide bonds. The lowest BCUT2D eigenvalue weighted by Crippen LogP contribution is -2.52. The third-order valence-electron chi connectivity index (χ3n) is 9.32. The monoisotopic (exact) mass is 792 g/mol. The Morgan fingerprint density at radius 3 is 2.37 bits per heavy atom. The van der Waals surface area contributed by atoms with Crippen LogP contribution < -0.4 is 24.6 Å². The van der Waals surface area contributed by atoms with Crippen LogP contribution in [-0.4, -0.2) is 110 Å². The van der Waals surface area contributed by atoms with Crippen LogP contribution in [0.4, 0.5) is 47.7 Å². The Morgan fingerprint density at radius 1 is 1.00 bits per heavy atom. The number of piperazine rings is 1. The number of hydrogen-bond acceptors (Lipinski definition) is 12. The SMILES string of the molecule is CCc1cc(Nc2ncc(Br)c(Nc3ccc4nccnc4c3N(C)S(C)(=O)=O)n2)c(OC(F)(F)F)cc1N1CCC(N2CCN(C)CC2)CC1. The Hall–Kier alpha value is -4.00. The fourth-order valence-electron chi connectivity index (χ4n) is 6.53. The molecule has 51 heavy (non-hydrogen) atoms. The van der Waals surface area contributed by atoms with Crippen molar-refractivity contribution in [2.45, 2.75) is 38.6 Å². The van der Waals surface area contributed by atoms with Gasteiger partial charge < -0.3 is 25.2 Å². The Balaban J connectivity index is 1.29. The van der Waals surface area contributed by atoms with Crippen molar-refractivity contribution in [1.29, 1.82) is 0 Å².